The predicted octanol–water partition coefficient (Wildman–Crippen LogP) is 2.88. The molecule has 28 heavy (non-hydrogen) atoms. The van der Waals surface area contributed by atoms with Gasteiger partial charge in [-0.2, -0.15) is 0 Å². The van der Waals surface area contributed by atoms with Gasteiger partial charge in [0.2, 0.25) is 11.8 Å². The summed E-state index contributed by atoms with van der Waals surface area (Å²) in [6.45, 7) is 2.85. The van der Waals surface area contributed by atoms with Gasteiger partial charge >= 0.3 is 0 Å². The van der Waals surface area contributed by atoms with Crippen LogP contribution in [0.3, 0.4) is 0 Å². The van der Waals surface area contributed by atoms with E-state index in [9.17, 15) is 9.59 Å². The zero-order chi connectivity index (χ0) is 19.7. The first kappa shape index (κ1) is 19.4. The van der Waals surface area contributed by atoms with E-state index in [1.807, 2.05) is 0 Å². The van der Waals surface area contributed by atoms with Crippen LogP contribution in [0.2, 0.25) is 0 Å². The number of thioether (sulfide) groups is 1. The molecule has 0 aromatic carbocycles. The molecule has 9 heteroatoms. The van der Waals surface area contributed by atoms with Crippen molar-refractivity contribution in [1.29, 1.82) is 0 Å². The van der Waals surface area contributed by atoms with E-state index in [0.717, 1.165) is 30.6 Å². The summed E-state index contributed by atoms with van der Waals surface area (Å²) in [6, 6.07) is 1.66. The molecule has 150 valence electrons. The van der Waals surface area contributed by atoms with Crippen molar-refractivity contribution in [3.8, 4) is 10.8 Å². The van der Waals surface area contributed by atoms with Crippen LogP contribution in [0.1, 0.15) is 43.0 Å². The number of piperidine rings is 1. The largest absolute Gasteiger partial charge is 0.410 e. The number of hydrogen-bond acceptors (Lipinski definition) is 7. The molecule has 2 amide bonds. The lowest BCUT2D eigenvalue weighted by Crippen LogP contribution is -2.51. The topological polar surface area (TPSA) is 102 Å². The molecule has 2 N–H and O–H groups in total. The second-order valence-corrected chi connectivity index (χ2v) is 9.63. The van der Waals surface area contributed by atoms with Crippen molar-refractivity contribution in [2.45, 2.75) is 56.7 Å². The molecular weight excluding hydrogens is 396 g/mol. The average molecular weight is 421 g/mol. The lowest BCUT2D eigenvalue weighted by Gasteiger charge is -2.33. The number of hydrogen-bond donors (Lipinski definition) is 1. The number of nitrogens with zero attached hydrogens (tertiary/aromatic N) is 3. The van der Waals surface area contributed by atoms with Gasteiger partial charge in [0.1, 0.15) is 6.04 Å². The number of aryl methyl sites for hydroxylation is 1. The maximum atomic E-state index is 12.5. The van der Waals surface area contributed by atoms with Crippen molar-refractivity contribution in [2.75, 3.05) is 12.3 Å². The average Bonchev–Trinajstić information content (AvgIpc) is 3.32. The number of thiophene rings is 1. The Morgan fingerprint density at radius 2 is 2.21 bits per heavy atom. The standard InChI is InChI=1S/C19H24N4O3S2/c1-11-5-6-14-12(8-11)9-15(28-14)18-21-22-19(26-18)27-10-16(24)23-7-3-2-4-13(23)17(20)25/h9,11,13H,2-8,10H2,1H3,(H2,20,25)/t11-,13-/m0/s1. The Bertz CT molecular complexity index is 878. The van der Waals surface area contributed by atoms with E-state index in [1.54, 1.807) is 16.2 Å². The molecule has 0 bridgehead atoms. The molecule has 1 fully saturated rings. The third-order valence-corrected chi connectivity index (χ3v) is 7.45. The van der Waals surface area contributed by atoms with Gasteiger partial charge in [0.15, 0.2) is 0 Å². The van der Waals surface area contributed by atoms with E-state index in [1.165, 1.54) is 28.6 Å². The first-order valence-corrected chi connectivity index (χ1v) is 11.5. The maximum absolute atomic E-state index is 12.5. The third kappa shape index (κ3) is 4.10. The highest BCUT2D eigenvalue weighted by Gasteiger charge is 2.30. The molecule has 3 heterocycles. The van der Waals surface area contributed by atoms with E-state index in [-0.39, 0.29) is 11.7 Å². The van der Waals surface area contributed by atoms with Gasteiger partial charge in [0.05, 0.1) is 10.6 Å². The minimum Gasteiger partial charge on any atom is -0.410 e. The summed E-state index contributed by atoms with van der Waals surface area (Å²) in [4.78, 5) is 28.1. The van der Waals surface area contributed by atoms with Gasteiger partial charge in [0, 0.05) is 11.4 Å². The zero-order valence-corrected chi connectivity index (χ0v) is 17.5. The second kappa shape index (κ2) is 8.24. The molecule has 2 aliphatic rings. The first-order chi connectivity index (χ1) is 13.5. The number of primary amides is 1. The minimum atomic E-state index is -0.500. The quantitative estimate of drug-likeness (QED) is 0.746. The summed E-state index contributed by atoms with van der Waals surface area (Å²) in [5.41, 5.74) is 6.83. The summed E-state index contributed by atoms with van der Waals surface area (Å²) < 4.78 is 5.78. The van der Waals surface area contributed by atoms with Crippen molar-refractivity contribution in [3.05, 3.63) is 16.5 Å². The molecule has 2 aromatic heterocycles. The van der Waals surface area contributed by atoms with Crippen molar-refractivity contribution in [1.82, 2.24) is 15.1 Å². The van der Waals surface area contributed by atoms with Crippen molar-refractivity contribution < 1.29 is 14.0 Å². The Morgan fingerprint density at radius 1 is 1.36 bits per heavy atom. The van der Waals surface area contributed by atoms with Crippen LogP contribution in [-0.2, 0) is 22.4 Å². The molecule has 4 rings (SSSR count). The van der Waals surface area contributed by atoms with Gasteiger partial charge in [-0.25, -0.2) is 0 Å². The van der Waals surface area contributed by atoms with E-state index in [0.29, 0.717) is 30.0 Å². The Morgan fingerprint density at radius 3 is 3.04 bits per heavy atom. The molecule has 2 aromatic rings. The molecule has 1 aliphatic carbocycles. The van der Waals surface area contributed by atoms with E-state index >= 15 is 0 Å². The van der Waals surface area contributed by atoms with Crippen LogP contribution < -0.4 is 5.73 Å². The summed E-state index contributed by atoms with van der Waals surface area (Å²) in [6.07, 6.45) is 5.89. The van der Waals surface area contributed by atoms with Gasteiger partial charge in [-0.3, -0.25) is 9.59 Å². The van der Waals surface area contributed by atoms with Gasteiger partial charge < -0.3 is 15.1 Å². The second-order valence-electron chi connectivity index (χ2n) is 7.57. The van der Waals surface area contributed by atoms with Crippen LogP contribution >= 0.6 is 23.1 Å². The van der Waals surface area contributed by atoms with Crippen LogP contribution in [0.25, 0.3) is 10.8 Å². The van der Waals surface area contributed by atoms with Crippen molar-refractivity contribution >= 4 is 34.9 Å². The van der Waals surface area contributed by atoms with Gasteiger partial charge in [0.25, 0.3) is 11.1 Å². The highest BCUT2D eigenvalue weighted by Crippen LogP contribution is 2.37. The Labute approximate surface area is 172 Å². The molecule has 0 unspecified atom stereocenters. The molecule has 0 radical (unpaired) electrons. The first-order valence-electron chi connectivity index (χ1n) is 9.68. The summed E-state index contributed by atoms with van der Waals surface area (Å²) >= 11 is 2.93. The number of carbonyl (C=O) groups excluding carboxylic acids is 2. The lowest BCUT2D eigenvalue weighted by molar-refractivity contribution is -0.138. The van der Waals surface area contributed by atoms with Crippen LogP contribution in [0.4, 0.5) is 0 Å². The van der Waals surface area contributed by atoms with Gasteiger partial charge in [-0.1, -0.05) is 18.7 Å². The number of fused-ring (bicyclic) bond motifs is 1. The molecule has 0 spiro atoms. The Kier molecular flexibility index (Phi) is 5.73. The predicted molar refractivity (Wildman–Crippen MR) is 108 cm³/mol. The number of aromatic nitrogens is 2. The molecule has 1 aliphatic heterocycles. The van der Waals surface area contributed by atoms with E-state index in [2.05, 4.69) is 23.2 Å². The molecular formula is C19H24N4O3S2. The SMILES string of the molecule is C[C@H]1CCc2sc(-c3nnc(SCC(=O)N4CCCC[C@H]4C(N)=O)o3)cc2C1. The monoisotopic (exact) mass is 420 g/mol. The molecule has 7 nitrogen and oxygen atoms in total. The smallest absolute Gasteiger partial charge is 0.277 e. The Balaban J connectivity index is 1.39. The summed E-state index contributed by atoms with van der Waals surface area (Å²) in [5, 5.41) is 8.60. The van der Waals surface area contributed by atoms with Gasteiger partial charge in [-0.15, -0.1) is 21.5 Å². The molecule has 1 saturated heterocycles. The number of amides is 2. The Hall–Kier alpha value is -1.87. The number of rotatable bonds is 5. The van der Waals surface area contributed by atoms with Crippen LogP contribution in [0, 0.1) is 5.92 Å². The van der Waals surface area contributed by atoms with Crippen LogP contribution in [0.15, 0.2) is 15.7 Å². The van der Waals surface area contributed by atoms with Crippen molar-refractivity contribution in [2.24, 2.45) is 11.7 Å². The van der Waals surface area contributed by atoms with Gasteiger partial charge in [-0.05, 0) is 56.1 Å². The number of likely N-dealkylation sites (tertiary alicyclic amines) is 1. The van der Waals surface area contributed by atoms with Crippen LogP contribution in [0.5, 0.6) is 0 Å². The maximum Gasteiger partial charge on any atom is 0.277 e. The lowest BCUT2D eigenvalue weighted by atomic mass is 9.90. The highest BCUT2D eigenvalue weighted by molar-refractivity contribution is 7.99. The molecule has 2 atom stereocenters. The highest BCUT2D eigenvalue weighted by atomic mass is 32.2. The van der Waals surface area contributed by atoms with E-state index < -0.39 is 11.9 Å². The van der Waals surface area contributed by atoms with Crippen molar-refractivity contribution in [3.63, 3.8) is 0 Å². The number of nitrogens with two attached hydrogens (primary N) is 1. The van der Waals surface area contributed by atoms with E-state index in [4.69, 9.17) is 10.2 Å². The normalized spacial score (nSPS) is 22.1. The number of carbonyl (C=O) groups is 2. The fraction of sp³-hybridized carbons (Fsp3) is 0.579. The third-order valence-electron chi connectivity index (χ3n) is 5.42. The molecule has 0 saturated carbocycles. The summed E-state index contributed by atoms with van der Waals surface area (Å²) in [7, 11) is 0. The van der Waals surface area contributed by atoms with Crippen LogP contribution in [-0.4, -0.2) is 45.3 Å². The zero-order valence-electron chi connectivity index (χ0n) is 15.8. The fourth-order valence-corrected chi connectivity index (χ4v) is 5.69. The fourth-order valence-electron chi connectivity index (χ4n) is 3.91. The summed E-state index contributed by atoms with van der Waals surface area (Å²) in [5.74, 6) is 0.829. The minimum absolute atomic E-state index is 0.117.